The highest BCUT2D eigenvalue weighted by atomic mass is 35.5. The fourth-order valence-corrected chi connectivity index (χ4v) is 3.87. The summed E-state index contributed by atoms with van der Waals surface area (Å²) in [6.45, 7) is 0.343. The van der Waals surface area contributed by atoms with Crippen LogP contribution in [0.1, 0.15) is 11.3 Å². The number of hydroxylamine groups is 2. The first-order valence-corrected chi connectivity index (χ1v) is 10.3. The molecule has 2 heterocycles. The summed E-state index contributed by atoms with van der Waals surface area (Å²) >= 11 is 5.98. The first kappa shape index (κ1) is 21.8. The zero-order valence-electron chi connectivity index (χ0n) is 17.6. The van der Waals surface area contributed by atoms with Gasteiger partial charge in [-0.3, -0.25) is 19.0 Å². The van der Waals surface area contributed by atoms with Crippen molar-refractivity contribution < 1.29 is 14.0 Å². The summed E-state index contributed by atoms with van der Waals surface area (Å²) < 4.78 is 17.2. The van der Waals surface area contributed by atoms with Crippen LogP contribution in [0.15, 0.2) is 71.5 Å². The smallest absolute Gasteiger partial charge is 0.255 e. The maximum Gasteiger partial charge on any atom is 0.255 e. The molecule has 0 fully saturated rings. The molecule has 2 aromatic carbocycles. The Labute approximate surface area is 189 Å². The number of aromatic nitrogens is 2. The molecule has 0 aliphatic heterocycles. The predicted octanol–water partition coefficient (Wildman–Crippen LogP) is 4.20. The molecule has 0 radical (unpaired) electrons. The van der Waals surface area contributed by atoms with Crippen molar-refractivity contribution in [3.8, 4) is 5.69 Å². The van der Waals surface area contributed by atoms with Gasteiger partial charge in [0, 0.05) is 31.0 Å². The van der Waals surface area contributed by atoms with E-state index >= 15 is 0 Å². The Morgan fingerprint density at radius 1 is 1.06 bits per heavy atom. The zero-order valence-corrected chi connectivity index (χ0v) is 18.3. The average molecular weight is 454 g/mol. The van der Waals surface area contributed by atoms with Gasteiger partial charge in [0.1, 0.15) is 5.82 Å². The number of fused-ring (bicyclic) bond motifs is 1. The van der Waals surface area contributed by atoms with Gasteiger partial charge in [-0.15, -0.1) is 0 Å². The van der Waals surface area contributed by atoms with Crippen LogP contribution < -0.4 is 5.56 Å². The molecule has 0 bridgehead atoms. The minimum Gasteiger partial charge on any atom is -0.338 e. The molecule has 0 atom stereocenters. The van der Waals surface area contributed by atoms with E-state index in [1.54, 1.807) is 22.8 Å². The number of benzene rings is 2. The van der Waals surface area contributed by atoms with Gasteiger partial charge in [-0.05, 0) is 42.0 Å². The van der Waals surface area contributed by atoms with E-state index in [0.717, 1.165) is 21.8 Å². The van der Waals surface area contributed by atoms with Gasteiger partial charge in [-0.25, -0.2) is 9.45 Å². The summed E-state index contributed by atoms with van der Waals surface area (Å²) in [5.41, 5.74) is 3.41. The highest BCUT2D eigenvalue weighted by Gasteiger charge is 2.18. The van der Waals surface area contributed by atoms with Crippen LogP contribution in [0.3, 0.4) is 0 Å². The van der Waals surface area contributed by atoms with Gasteiger partial charge in [-0.2, -0.15) is 0 Å². The number of hydrogen-bond donors (Lipinski definition) is 0. The van der Waals surface area contributed by atoms with Crippen LogP contribution in [-0.2, 0) is 22.6 Å². The molecule has 6 nitrogen and oxygen atoms in total. The third-order valence-corrected chi connectivity index (χ3v) is 5.63. The van der Waals surface area contributed by atoms with Crippen molar-refractivity contribution in [2.24, 2.45) is 0 Å². The standard InChI is InChI=1S/C24H21ClFN3O3/c1-27(32-2)24(31)14-18-13-22-21(28(18)15-16-8-9-20(26)19(25)12-16)10-11-23(30)29(22)17-6-4-3-5-7-17/h3-13H,14-15H2,1-2H3. The molecule has 2 aromatic heterocycles. The van der Waals surface area contributed by atoms with Crippen molar-refractivity contribution in [3.05, 3.63) is 99.2 Å². The molecule has 0 saturated heterocycles. The van der Waals surface area contributed by atoms with E-state index in [0.29, 0.717) is 17.8 Å². The SMILES string of the molecule is CON(C)C(=O)Cc1cc2c(ccc(=O)n2-c2ccccc2)n1Cc1ccc(F)c(Cl)c1. The highest BCUT2D eigenvalue weighted by molar-refractivity contribution is 6.30. The van der Waals surface area contributed by atoms with Crippen LogP contribution in [0.4, 0.5) is 4.39 Å². The number of carbonyl (C=O) groups excluding carboxylic acids is 1. The quantitative estimate of drug-likeness (QED) is 0.411. The third-order valence-electron chi connectivity index (χ3n) is 5.34. The van der Waals surface area contributed by atoms with E-state index in [9.17, 15) is 14.0 Å². The van der Waals surface area contributed by atoms with Gasteiger partial charge < -0.3 is 4.57 Å². The molecule has 4 rings (SSSR count). The van der Waals surface area contributed by atoms with Gasteiger partial charge in [0.25, 0.3) is 11.5 Å². The van der Waals surface area contributed by atoms with Crippen LogP contribution >= 0.6 is 11.6 Å². The molecular formula is C24H21ClFN3O3. The van der Waals surface area contributed by atoms with Crippen molar-refractivity contribution in [2.75, 3.05) is 14.2 Å². The lowest BCUT2D eigenvalue weighted by atomic mass is 10.2. The molecule has 32 heavy (non-hydrogen) atoms. The topological polar surface area (TPSA) is 56.5 Å². The monoisotopic (exact) mass is 453 g/mol. The summed E-state index contributed by atoms with van der Waals surface area (Å²) in [7, 11) is 2.95. The first-order chi connectivity index (χ1) is 15.4. The van der Waals surface area contributed by atoms with E-state index < -0.39 is 5.82 Å². The van der Waals surface area contributed by atoms with Gasteiger partial charge >= 0.3 is 0 Å². The lowest BCUT2D eigenvalue weighted by Gasteiger charge is -2.15. The summed E-state index contributed by atoms with van der Waals surface area (Å²) in [6.07, 6.45) is 0.0525. The second-order valence-corrected chi connectivity index (χ2v) is 7.74. The third kappa shape index (κ3) is 4.17. The van der Waals surface area contributed by atoms with Gasteiger partial charge in [0.15, 0.2) is 0 Å². The van der Waals surface area contributed by atoms with Crippen LogP contribution in [0.2, 0.25) is 5.02 Å². The number of likely N-dealkylation sites (N-methyl/N-ethyl adjacent to an activating group) is 1. The lowest BCUT2D eigenvalue weighted by Crippen LogP contribution is -2.27. The molecular weight excluding hydrogens is 433 g/mol. The fourth-order valence-electron chi connectivity index (χ4n) is 3.67. The number of pyridine rings is 1. The molecule has 0 aliphatic carbocycles. The van der Waals surface area contributed by atoms with Crippen molar-refractivity contribution in [2.45, 2.75) is 13.0 Å². The molecule has 0 saturated carbocycles. The highest BCUT2D eigenvalue weighted by Crippen LogP contribution is 2.25. The Hall–Kier alpha value is -3.42. The number of halogens is 2. The van der Waals surface area contributed by atoms with Crippen LogP contribution in [0.5, 0.6) is 0 Å². The van der Waals surface area contributed by atoms with Crippen molar-refractivity contribution in [3.63, 3.8) is 0 Å². The maximum atomic E-state index is 13.7. The molecule has 4 aromatic rings. The normalized spacial score (nSPS) is 11.1. The summed E-state index contributed by atoms with van der Waals surface area (Å²) in [5.74, 6) is -0.745. The Balaban J connectivity index is 1.90. The summed E-state index contributed by atoms with van der Waals surface area (Å²) in [5, 5.41) is 1.18. The lowest BCUT2D eigenvalue weighted by molar-refractivity contribution is -0.167. The van der Waals surface area contributed by atoms with E-state index in [1.807, 2.05) is 41.0 Å². The second-order valence-electron chi connectivity index (χ2n) is 7.33. The van der Waals surface area contributed by atoms with Crippen LogP contribution in [-0.4, -0.2) is 34.3 Å². The van der Waals surface area contributed by atoms with E-state index in [4.69, 9.17) is 16.4 Å². The van der Waals surface area contributed by atoms with Crippen LogP contribution in [0.25, 0.3) is 16.7 Å². The van der Waals surface area contributed by atoms with Crippen molar-refractivity contribution >= 4 is 28.5 Å². The van der Waals surface area contributed by atoms with Gasteiger partial charge in [-0.1, -0.05) is 35.9 Å². The van der Waals surface area contributed by atoms with Crippen LogP contribution in [0, 0.1) is 5.82 Å². The van der Waals surface area contributed by atoms with Crippen molar-refractivity contribution in [1.29, 1.82) is 0 Å². The first-order valence-electron chi connectivity index (χ1n) is 9.93. The van der Waals surface area contributed by atoms with E-state index in [2.05, 4.69) is 0 Å². The fraction of sp³-hybridized carbons (Fsp3) is 0.167. The Kier molecular flexibility index (Phi) is 6.12. The molecule has 0 spiro atoms. The Morgan fingerprint density at radius 3 is 2.50 bits per heavy atom. The minimum atomic E-state index is -0.497. The molecule has 0 unspecified atom stereocenters. The van der Waals surface area contributed by atoms with E-state index in [-0.39, 0.29) is 22.9 Å². The number of hydrogen-bond acceptors (Lipinski definition) is 3. The summed E-state index contributed by atoms with van der Waals surface area (Å²) in [6, 6.07) is 18.9. The largest absolute Gasteiger partial charge is 0.338 e. The number of rotatable bonds is 6. The second kappa shape index (κ2) is 8.98. The molecule has 1 amide bonds. The van der Waals surface area contributed by atoms with Gasteiger partial charge in [0.05, 0.1) is 29.6 Å². The van der Waals surface area contributed by atoms with Crippen molar-refractivity contribution in [1.82, 2.24) is 14.2 Å². The maximum absolute atomic E-state index is 13.7. The molecule has 164 valence electrons. The summed E-state index contributed by atoms with van der Waals surface area (Å²) in [4.78, 5) is 30.4. The van der Waals surface area contributed by atoms with Gasteiger partial charge in [0.2, 0.25) is 0 Å². The minimum absolute atomic E-state index is 0.0249. The molecule has 8 heteroatoms. The average Bonchev–Trinajstić information content (AvgIpc) is 3.12. The number of amides is 1. The molecule has 0 aliphatic rings. The number of para-hydroxylation sites is 1. The zero-order chi connectivity index (χ0) is 22.8. The Bertz CT molecular complexity index is 1350. The number of carbonyl (C=O) groups is 1. The predicted molar refractivity (Wildman–Crippen MR) is 122 cm³/mol. The molecule has 0 N–H and O–H groups in total. The Morgan fingerprint density at radius 2 is 1.81 bits per heavy atom. The number of nitrogens with zero attached hydrogens (tertiary/aromatic N) is 3. The van der Waals surface area contributed by atoms with E-state index in [1.165, 1.54) is 26.3 Å².